The van der Waals surface area contributed by atoms with Crippen molar-refractivity contribution in [2.75, 3.05) is 18.9 Å². The van der Waals surface area contributed by atoms with Gasteiger partial charge in [0.25, 0.3) is 11.8 Å². The second-order valence-electron chi connectivity index (χ2n) is 6.37. The van der Waals surface area contributed by atoms with E-state index in [1.807, 2.05) is 12.1 Å². The Morgan fingerprint density at radius 3 is 2.18 bits per heavy atom. The van der Waals surface area contributed by atoms with Gasteiger partial charge in [0.15, 0.2) is 0 Å². The van der Waals surface area contributed by atoms with Crippen molar-refractivity contribution in [2.45, 2.75) is 6.42 Å². The average Bonchev–Trinajstić information content (AvgIpc) is 2.74. The van der Waals surface area contributed by atoms with E-state index in [9.17, 15) is 9.59 Å². The summed E-state index contributed by atoms with van der Waals surface area (Å²) in [6.45, 7) is 0.599. The smallest absolute Gasteiger partial charge is 0.255 e. The van der Waals surface area contributed by atoms with Crippen LogP contribution in [0.4, 0.5) is 5.69 Å². The van der Waals surface area contributed by atoms with E-state index >= 15 is 0 Å². The molecule has 1 aromatic heterocycles. The molecule has 0 saturated carbocycles. The third kappa shape index (κ3) is 5.18. The molecule has 0 fully saturated rings. The Kier molecular flexibility index (Phi) is 6.40. The van der Waals surface area contributed by atoms with Gasteiger partial charge >= 0.3 is 0 Å². The summed E-state index contributed by atoms with van der Waals surface area (Å²) in [5.74, 6) is -0.328. The van der Waals surface area contributed by atoms with Gasteiger partial charge in [-0.25, -0.2) is 0 Å². The summed E-state index contributed by atoms with van der Waals surface area (Å²) in [4.78, 5) is 30.6. The number of carbonyl (C=O) groups is 2. The van der Waals surface area contributed by atoms with Crippen molar-refractivity contribution in [1.82, 2.24) is 9.88 Å². The number of halogens is 1. The van der Waals surface area contributed by atoms with E-state index < -0.39 is 0 Å². The SMILES string of the molecule is CN(CCc1ccncc1)C(=O)c1ccc(C(=O)Nc2ccc(Cl)cc2)cc1. The predicted molar refractivity (Wildman–Crippen MR) is 111 cm³/mol. The maximum atomic E-state index is 12.6. The standard InChI is InChI=1S/C22H20ClN3O2/c1-26(15-12-16-10-13-24-14-11-16)22(28)18-4-2-17(3-5-18)21(27)25-20-8-6-19(23)7-9-20/h2-11,13-14H,12,15H2,1H3,(H,25,27). The van der Waals surface area contributed by atoms with E-state index in [2.05, 4.69) is 10.3 Å². The molecule has 0 saturated heterocycles. The Bertz CT molecular complexity index is 942. The van der Waals surface area contributed by atoms with E-state index in [0.29, 0.717) is 28.4 Å². The number of hydrogen-bond acceptors (Lipinski definition) is 3. The molecule has 0 aliphatic carbocycles. The molecule has 0 aliphatic rings. The molecule has 3 aromatic rings. The third-order valence-electron chi connectivity index (χ3n) is 4.33. The molecule has 0 aliphatic heterocycles. The zero-order valence-electron chi connectivity index (χ0n) is 15.4. The molecule has 142 valence electrons. The number of nitrogens with zero attached hydrogens (tertiary/aromatic N) is 2. The maximum absolute atomic E-state index is 12.6. The molecule has 0 atom stereocenters. The van der Waals surface area contributed by atoms with Gasteiger partial charge in [0.05, 0.1) is 0 Å². The number of anilines is 1. The molecule has 0 radical (unpaired) electrons. The van der Waals surface area contributed by atoms with Crippen molar-refractivity contribution in [3.8, 4) is 0 Å². The minimum Gasteiger partial charge on any atom is -0.341 e. The van der Waals surface area contributed by atoms with Gasteiger partial charge in [0.1, 0.15) is 0 Å². The van der Waals surface area contributed by atoms with Crippen molar-refractivity contribution in [2.24, 2.45) is 0 Å². The van der Waals surface area contributed by atoms with Gasteiger partial charge in [0, 0.05) is 47.8 Å². The summed E-state index contributed by atoms with van der Waals surface area (Å²) in [7, 11) is 1.77. The van der Waals surface area contributed by atoms with Gasteiger partial charge in [-0.1, -0.05) is 11.6 Å². The average molecular weight is 394 g/mol. The first-order valence-electron chi connectivity index (χ1n) is 8.84. The van der Waals surface area contributed by atoms with Crippen molar-refractivity contribution in [3.63, 3.8) is 0 Å². The van der Waals surface area contributed by atoms with Crippen LogP contribution in [0.25, 0.3) is 0 Å². The van der Waals surface area contributed by atoms with E-state index in [4.69, 9.17) is 11.6 Å². The van der Waals surface area contributed by atoms with Gasteiger partial charge in [-0.3, -0.25) is 14.6 Å². The molecule has 2 amide bonds. The summed E-state index contributed by atoms with van der Waals surface area (Å²) >= 11 is 5.84. The number of hydrogen-bond donors (Lipinski definition) is 1. The van der Waals surface area contributed by atoms with Crippen LogP contribution in [0.3, 0.4) is 0 Å². The molecule has 28 heavy (non-hydrogen) atoms. The van der Waals surface area contributed by atoms with Crippen LogP contribution in [0.15, 0.2) is 73.1 Å². The monoisotopic (exact) mass is 393 g/mol. The van der Waals surface area contributed by atoms with Crippen molar-refractivity contribution < 1.29 is 9.59 Å². The normalized spacial score (nSPS) is 10.4. The summed E-state index contributed by atoms with van der Waals surface area (Å²) in [5.41, 5.74) is 2.81. The van der Waals surface area contributed by atoms with E-state index in [0.717, 1.165) is 12.0 Å². The maximum Gasteiger partial charge on any atom is 0.255 e. The summed E-state index contributed by atoms with van der Waals surface area (Å²) in [6.07, 6.45) is 4.24. The van der Waals surface area contributed by atoms with Crippen LogP contribution in [0.1, 0.15) is 26.3 Å². The molecule has 2 aromatic carbocycles. The second kappa shape index (κ2) is 9.15. The number of carbonyl (C=O) groups excluding carboxylic acids is 2. The van der Waals surface area contributed by atoms with Gasteiger partial charge in [0.2, 0.25) is 0 Å². The Morgan fingerprint density at radius 1 is 0.929 bits per heavy atom. The lowest BCUT2D eigenvalue weighted by atomic mass is 10.1. The molecule has 3 rings (SSSR count). The van der Waals surface area contributed by atoms with E-state index in [-0.39, 0.29) is 11.8 Å². The number of amides is 2. The first-order valence-corrected chi connectivity index (χ1v) is 9.22. The predicted octanol–water partition coefficient (Wildman–Crippen LogP) is 4.30. The molecule has 1 heterocycles. The highest BCUT2D eigenvalue weighted by Gasteiger charge is 2.13. The van der Waals surface area contributed by atoms with Crippen LogP contribution < -0.4 is 5.32 Å². The molecule has 0 unspecified atom stereocenters. The van der Waals surface area contributed by atoms with Crippen LogP contribution in [-0.4, -0.2) is 35.3 Å². The van der Waals surface area contributed by atoms with Crippen LogP contribution >= 0.6 is 11.6 Å². The topological polar surface area (TPSA) is 62.3 Å². The van der Waals surface area contributed by atoms with Crippen molar-refractivity contribution >= 4 is 29.1 Å². The van der Waals surface area contributed by atoms with E-state index in [1.165, 1.54) is 0 Å². The molecular formula is C22H20ClN3O2. The number of benzene rings is 2. The number of pyridine rings is 1. The zero-order valence-corrected chi connectivity index (χ0v) is 16.2. The Labute approximate surface area is 169 Å². The lowest BCUT2D eigenvalue weighted by Crippen LogP contribution is -2.28. The fourth-order valence-corrected chi connectivity index (χ4v) is 2.79. The number of rotatable bonds is 6. The number of likely N-dealkylation sites (N-methyl/N-ethyl adjacent to an activating group) is 1. The Morgan fingerprint density at radius 2 is 1.54 bits per heavy atom. The molecular weight excluding hydrogens is 374 g/mol. The minimum absolute atomic E-state index is 0.0845. The Balaban J connectivity index is 1.58. The summed E-state index contributed by atoms with van der Waals surface area (Å²) < 4.78 is 0. The van der Waals surface area contributed by atoms with Crippen LogP contribution in [0.2, 0.25) is 5.02 Å². The van der Waals surface area contributed by atoms with Gasteiger partial charge in [-0.05, 0) is 72.6 Å². The molecule has 5 nitrogen and oxygen atoms in total. The number of nitrogens with one attached hydrogen (secondary N) is 1. The third-order valence-corrected chi connectivity index (χ3v) is 4.58. The molecule has 1 N–H and O–H groups in total. The highest BCUT2D eigenvalue weighted by Crippen LogP contribution is 2.15. The second-order valence-corrected chi connectivity index (χ2v) is 6.81. The largest absolute Gasteiger partial charge is 0.341 e. The van der Waals surface area contributed by atoms with Crippen LogP contribution in [-0.2, 0) is 6.42 Å². The van der Waals surface area contributed by atoms with Gasteiger partial charge in [-0.15, -0.1) is 0 Å². The highest BCUT2D eigenvalue weighted by molar-refractivity contribution is 6.30. The fraction of sp³-hybridized carbons (Fsp3) is 0.136. The van der Waals surface area contributed by atoms with Crippen molar-refractivity contribution in [1.29, 1.82) is 0 Å². The molecule has 0 spiro atoms. The van der Waals surface area contributed by atoms with Crippen molar-refractivity contribution in [3.05, 3.63) is 94.8 Å². The van der Waals surface area contributed by atoms with Gasteiger partial charge in [-0.2, -0.15) is 0 Å². The lowest BCUT2D eigenvalue weighted by molar-refractivity contribution is 0.0796. The fourth-order valence-electron chi connectivity index (χ4n) is 2.67. The first-order chi connectivity index (χ1) is 13.5. The molecule has 6 heteroatoms. The molecule has 0 bridgehead atoms. The highest BCUT2D eigenvalue weighted by atomic mass is 35.5. The quantitative estimate of drug-likeness (QED) is 0.679. The zero-order chi connectivity index (χ0) is 19.9. The first kappa shape index (κ1) is 19.6. The number of aromatic nitrogens is 1. The Hall–Kier alpha value is -3.18. The summed E-state index contributed by atoms with van der Waals surface area (Å²) in [5, 5.41) is 3.40. The van der Waals surface area contributed by atoms with Crippen LogP contribution in [0, 0.1) is 0 Å². The van der Waals surface area contributed by atoms with Crippen LogP contribution in [0.5, 0.6) is 0 Å². The van der Waals surface area contributed by atoms with Gasteiger partial charge < -0.3 is 10.2 Å². The lowest BCUT2D eigenvalue weighted by Gasteiger charge is -2.17. The van der Waals surface area contributed by atoms with E-state index in [1.54, 1.807) is 72.9 Å². The minimum atomic E-state index is -0.243. The summed E-state index contributed by atoms with van der Waals surface area (Å²) in [6, 6.07) is 17.4.